The zero-order valence-corrected chi connectivity index (χ0v) is 10.4. The quantitative estimate of drug-likeness (QED) is 0.691. The van der Waals surface area contributed by atoms with Crippen molar-refractivity contribution in [1.82, 2.24) is 9.80 Å². The molecule has 1 fully saturated rings. The molecule has 0 aromatic heterocycles. The van der Waals surface area contributed by atoms with E-state index in [9.17, 15) is 9.59 Å². The number of carboxylic acids is 1. The molecule has 0 radical (unpaired) electrons. The van der Waals surface area contributed by atoms with Crippen molar-refractivity contribution in [1.29, 1.82) is 0 Å². The Kier molecular flexibility index (Phi) is 5.37. The lowest BCUT2D eigenvalue weighted by molar-refractivity contribution is -0.149. The first-order chi connectivity index (χ1) is 8.00. The largest absolute Gasteiger partial charge is 0.480 e. The van der Waals surface area contributed by atoms with E-state index in [1.54, 1.807) is 0 Å². The van der Waals surface area contributed by atoms with Gasteiger partial charge in [0, 0.05) is 19.7 Å². The number of nitrogens with zero attached hydrogens (tertiary/aromatic N) is 2. The van der Waals surface area contributed by atoms with Crippen LogP contribution in [-0.4, -0.2) is 73.2 Å². The minimum absolute atomic E-state index is 0.202. The lowest BCUT2D eigenvalue weighted by atomic mass is 10.2. The van der Waals surface area contributed by atoms with E-state index in [1.807, 2.05) is 19.0 Å². The molecule has 0 aliphatic carbocycles. The Hall–Kier alpha value is -1.14. The second-order valence-electron chi connectivity index (χ2n) is 4.46. The molecule has 1 atom stereocenters. The zero-order valence-electron chi connectivity index (χ0n) is 10.4. The molecule has 0 aromatic carbocycles. The van der Waals surface area contributed by atoms with Crippen LogP contribution in [0.3, 0.4) is 0 Å². The molecule has 1 rings (SSSR count). The van der Waals surface area contributed by atoms with Crippen molar-refractivity contribution in [3.8, 4) is 0 Å². The number of ether oxygens (including phenoxy) is 1. The molecular weight excluding hydrogens is 224 g/mol. The fourth-order valence-electron chi connectivity index (χ4n) is 1.73. The molecule has 0 spiro atoms. The van der Waals surface area contributed by atoms with Crippen molar-refractivity contribution in [2.75, 3.05) is 40.3 Å². The molecule has 98 valence electrons. The summed E-state index contributed by atoms with van der Waals surface area (Å²) in [6.07, 6.45) is 1.11. The maximum Gasteiger partial charge on any atom is 0.323 e. The monoisotopic (exact) mass is 244 g/mol. The van der Waals surface area contributed by atoms with Gasteiger partial charge in [0.25, 0.3) is 5.91 Å². The third-order valence-electron chi connectivity index (χ3n) is 2.66. The summed E-state index contributed by atoms with van der Waals surface area (Å²) in [5, 5.41) is 8.79. The topological polar surface area (TPSA) is 70.1 Å². The molecule has 1 aliphatic rings. The summed E-state index contributed by atoms with van der Waals surface area (Å²) in [6, 6.07) is 0. The SMILES string of the molecule is CN(C)CCN(CC(=O)O)C(=O)[C@H]1CCCO1. The molecule has 0 aromatic rings. The summed E-state index contributed by atoms with van der Waals surface area (Å²) in [4.78, 5) is 26.0. The highest BCUT2D eigenvalue weighted by molar-refractivity contribution is 5.84. The predicted octanol–water partition coefficient (Wildman–Crippen LogP) is -0.360. The van der Waals surface area contributed by atoms with Crippen LogP contribution in [0.4, 0.5) is 0 Å². The predicted molar refractivity (Wildman–Crippen MR) is 61.7 cm³/mol. The van der Waals surface area contributed by atoms with Gasteiger partial charge in [0.2, 0.25) is 0 Å². The fourth-order valence-corrected chi connectivity index (χ4v) is 1.73. The van der Waals surface area contributed by atoms with Gasteiger partial charge >= 0.3 is 5.97 Å². The number of hydrogen-bond acceptors (Lipinski definition) is 4. The molecule has 6 heteroatoms. The Labute approximate surface area is 101 Å². The zero-order chi connectivity index (χ0) is 12.8. The third kappa shape index (κ3) is 4.70. The minimum atomic E-state index is -0.991. The number of carbonyl (C=O) groups is 2. The summed E-state index contributed by atoms with van der Waals surface area (Å²) >= 11 is 0. The molecule has 1 saturated heterocycles. The average molecular weight is 244 g/mol. The van der Waals surface area contributed by atoms with E-state index in [4.69, 9.17) is 9.84 Å². The van der Waals surface area contributed by atoms with Crippen molar-refractivity contribution in [3.63, 3.8) is 0 Å². The molecule has 1 aliphatic heterocycles. The lowest BCUT2D eigenvalue weighted by Crippen LogP contribution is -2.44. The maximum atomic E-state index is 12.0. The van der Waals surface area contributed by atoms with E-state index in [0.29, 0.717) is 26.1 Å². The van der Waals surface area contributed by atoms with E-state index < -0.39 is 12.1 Å². The summed E-state index contributed by atoms with van der Waals surface area (Å²) in [5.74, 6) is -1.19. The summed E-state index contributed by atoms with van der Waals surface area (Å²) in [6.45, 7) is 1.39. The van der Waals surface area contributed by atoms with Crippen LogP contribution in [0.25, 0.3) is 0 Å². The Balaban J connectivity index is 2.53. The smallest absolute Gasteiger partial charge is 0.323 e. The molecule has 17 heavy (non-hydrogen) atoms. The van der Waals surface area contributed by atoms with Crippen LogP contribution in [0.1, 0.15) is 12.8 Å². The summed E-state index contributed by atoms with van der Waals surface area (Å²) in [7, 11) is 3.77. The van der Waals surface area contributed by atoms with E-state index in [2.05, 4.69) is 0 Å². The Morgan fingerprint density at radius 2 is 2.06 bits per heavy atom. The maximum absolute atomic E-state index is 12.0. The average Bonchev–Trinajstić information content (AvgIpc) is 2.75. The van der Waals surface area contributed by atoms with Gasteiger partial charge < -0.3 is 19.6 Å². The summed E-state index contributed by atoms with van der Waals surface area (Å²) < 4.78 is 5.29. The molecule has 0 unspecified atom stereocenters. The van der Waals surface area contributed by atoms with Gasteiger partial charge in [0.1, 0.15) is 12.6 Å². The Morgan fingerprint density at radius 1 is 1.35 bits per heavy atom. The van der Waals surface area contributed by atoms with Crippen molar-refractivity contribution >= 4 is 11.9 Å². The van der Waals surface area contributed by atoms with E-state index >= 15 is 0 Å². The molecule has 1 N–H and O–H groups in total. The van der Waals surface area contributed by atoms with Crippen molar-refractivity contribution in [3.05, 3.63) is 0 Å². The first-order valence-electron chi connectivity index (χ1n) is 5.77. The molecule has 0 bridgehead atoms. The van der Waals surface area contributed by atoms with Gasteiger partial charge in [-0.2, -0.15) is 0 Å². The fraction of sp³-hybridized carbons (Fsp3) is 0.818. The van der Waals surface area contributed by atoms with Gasteiger partial charge in [0.15, 0.2) is 0 Å². The Morgan fingerprint density at radius 3 is 2.53 bits per heavy atom. The first kappa shape index (κ1) is 13.9. The van der Waals surface area contributed by atoms with E-state index in [-0.39, 0.29) is 12.5 Å². The summed E-state index contributed by atoms with van der Waals surface area (Å²) in [5.41, 5.74) is 0. The highest BCUT2D eigenvalue weighted by Gasteiger charge is 2.29. The molecule has 0 saturated carbocycles. The molecular formula is C11H20N2O4. The lowest BCUT2D eigenvalue weighted by Gasteiger charge is -2.25. The number of amides is 1. The normalized spacial score (nSPS) is 19.6. The van der Waals surface area contributed by atoms with E-state index in [1.165, 1.54) is 4.90 Å². The van der Waals surface area contributed by atoms with Crippen LogP contribution in [0, 0.1) is 0 Å². The van der Waals surface area contributed by atoms with Crippen molar-refractivity contribution < 1.29 is 19.4 Å². The minimum Gasteiger partial charge on any atom is -0.480 e. The van der Waals surface area contributed by atoms with Gasteiger partial charge in [-0.25, -0.2) is 0 Å². The standard InChI is InChI=1S/C11H20N2O4/c1-12(2)5-6-13(8-10(14)15)11(16)9-4-3-7-17-9/h9H,3-8H2,1-2H3,(H,14,15)/t9-/m1/s1. The number of aliphatic carboxylic acids is 1. The van der Waals surface area contributed by atoms with Gasteiger partial charge in [-0.05, 0) is 26.9 Å². The van der Waals surface area contributed by atoms with Crippen LogP contribution in [0.15, 0.2) is 0 Å². The van der Waals surface area contributed by atoms with Crippen LogP contribution >= 0.6 is 0 Å². The van der Waals surface area contributed by atoms with Gasteiger partial charge in [-0.3, -0.25) is 9.59 Å². The second-order valence-corrected chi connectivity index (χ2v) is 4.46. The highest BCUT2D eigenvalue weighted by Crippen LogP contribution is 2.14. The van der Waals surface area contributed by atoms with Crippen LogP contribution in [-0.2, 0) is 14.3 Å². The van der Waals surface area contributed by atoms with Gasteiger partial charge in [-0.1, -0.05) is 0 Å². The number of carbonyl (C=O) groups excluding carboxylic acids is 1. The van der Waals surface area contributed by atoms with Crippen LogP contribution in [0.2, 0.25) is 0 Å². The number of rotatable bonds is 6. The number of carboxylic acid groups (broad SMARTS) is 1. The first-order valence-corrected chi connectivity index (χ1v) is 5.77. The molecule has 6 nitrogen and oxygen atoms in total. The molecule has 1 amide bonds. The van der Waals surface area contributed by atoms with Crippen molar-refractivity contribution in [2.24, 2.45) is 0 Å². The third-order valence-corrected chi connectivity index (χ3v) is 2.66. The van der Waals surface area contributed by atoms with Gasteiger partial charge in [0.05, 0.1) is 0 Å². The second kappa shape index (κ2) is 6.56. The Bertz CT molecular complexity index is 275. The van der Waals surface area contributed by atoms with Gasteiger partial charge in [-0.15, -0.1) is 0 Å². The molecule has 1 heterocycles. The number of likely N-dealkylation sites (N-methyl/N-ethyl adjacent to an activating group) is 1. The number of hydrogen-bond donors (Lipinski definition) is 1. The van der Waals surface area contributed by atoms with Crippen molar-refractivity contribution in [2.45, 2.75) is 18.9 Å². The van der Waals surface area contributed by atoms with Crippen LogP contribution < -0.4 is 0 Å². The van der Waals surface area contributed by atoms with Crippen LogP contribution in [0.5, 0.6) is 0 Å². The van der Waals surface area contributed by atoms with E-state index in [0.717, 1.165) is 6.42 Å². The highest BCUT2D eigenvalue weighted by atomic mass is 16.5.